The van der Waals surface area contributed by atoms with Crippen LogP contribution in [0.2, 0.25) is 0 Å². The van der Waals surface area contributed by atoms with Crippen LogP contribution in [0.4, 0.5) is 0 Å². The molecule has 1 aromatic carbocycles. The molecule has 0 bridgehead atoms. The first-order valence-electron chi connectivity index (χ1n) is 6.32. The van der Waals surface area contributed by atoms with Crippen molar-refractivity contribution in [1.82, 2.24) is 0 Å². The summed E-state index contributed by atoms with van der Waals surface area (Å²) in [5, 5.41) is 0. The van der Waals surface area contributed by atoms with Gasteiger partial charge in [-0.2, -0.15) is 0 Å². The second kappa shape index (κ2) is 4.63. The Balaban J connectivity index is 2.48. The van der Waals surface area contributed by atoms with Crippen molar-refractivity contribution in [3.05, 3.63) is 29.3 Å². The lowest BCUT2D eigenvalue weighted by atomic mass is 9.90. The van der Waals surface area contributed by atoms with Crippen molar-refractivity contribution in [2.45, 2.75) is 38.0 Å². The Morgan fingerprint density at radius 1 is 1.28 bits per heavy atom. The van der Waals surface area contributed by atoms with Crippen molar-refractivity contribution in [3.63, 3.8) is 0 Å². The Morgan fingerprint density at radius 3 is 2.39 bits per heavy atom. The predicted octanol–water partition coefficient (Wildman–Crippen LogP) is 3.02. The zero-order valence-electron chi connectivity index (χ0n) is 11.4. The SMILES string of the molecule is COC(=O)C1(c2cc(C(C)C)ccc2OC)CC1. The molecule has 0 heterocycles. The van der Waals surface area contributed by atoms with Crippen LogP contribution in [0.5, 0.6) is 5.75 Å². The predicted molar refractivity (Wildman–Crippen MR) is 70.0 cm³/mol. The molecule has 3 heteroatoms. The van der Waals surface area contributed by atoms with Gasteiger partial charge in [0.1, 0.15) is 5.75 Å². The van der Waals surface area contributed by atoms with Gasteiger partial charge in [0, 0.05) is 5.56 Å². The van der Waals surface area contributed by atoms with Gasteiger partial charge in [0.05, 0.1) is 19.6 Å². The highest BCUT2D eigenvalue weighted by atomic mass is 16.5. The molecule has 0 amide bonds. The van der Waals surface area contributed by atoms with Crippen LogP contribution >= 0.6 is 0 Å². The van der Waals surface area contributed by atoms with Crippen LogP contribution in [-0.4, -0.2) is 20.2 Å². The summed E-state index contributed by atoms with van der Waals surface area (Å²) in [5.74, 6) is 1.06. The first-order chi connectivity index (χ1) is 8.55. The number of benzene rings is 1. The van der Waals surface area contributed by atoms with Crippen molar-refractivity contribution < 1.29 is 14.3 Å². The van der Waals surface area contributed by atoms with Crippen LogP contribution in [-0.2, 0) is 14.9 Å². The van der Waals surface area contributed by atoms with Crippen molar-refractivity contribution in [2.24, 2.45) is 0 Å². The number of methoxy groups -OCH3 is 2. The van der Waals surface area contributed by atoms with Gasteiger partial charge in [0.2, 0.25) is 0 Å². The quantitative estimate of drug-likeness (QED) is 0.768. The first-order valence-corrected chi connectivity index (χ1v) is 6.32. The van der Waals surface area contributed by atoms with E-state index in [0.717, 1.165) is 24.2 Å². The maximum Gasteiger partial charge on any atom is 0.316 e. The van der Waals surface area contributed by atoms with E-state index in [4.69, 9.17) is 9.47 Å². The lowest BCUT2D eigenvalue weighted by Gasteiger charge is -2.18. The van der Waals surface area contributed by atoms with E-state index in [1.54, 1.807) is 7.11 Å². The van der Waals surface area contributed by atoms with Gasteiger partial charge in [-0.3, -0.25) is 4.79 Å². The fraction of sp³-hybridized carbons (Fsp3) is 0.533. The lowest BCUT2D eigenvalue weighted by molar-refractivity contribution is -0.143. The molecule has 1 aliphatic rings. The Hall–Kier alpha value is -1.51. The Kier molecular flexibility index (Phi) is 3.33. The molecule has 18 heavy (non-hydrogen) atoms. The van der Waals surface area contributed by atoms with E-state index >= 15 is 0 Å². The van der Waals surface area contributed by atoms with Crippen LogP contribution in [0.3, 0.4) is 0 Å². The van der Waals surface area contributed by atoms with E-state index in [2.05, 4.69) is 26.0 Å². The normalized spacial score (nSPS) is 16.5. The van der Waals surface area contributed by atoms with Crippen LogP contribution in [0, 0.1) is 0 Å². The van der Waals surface area contributed by atoms with E-state index in [0.29, 0.717) is 5.92 Å². The maximum absolute atomic E-state index is 12.0. The molecule has 1 aliphatic carbocycles. The third-order valence-corrected chi connectivity index (χ3v) is 3.73. The van der Waals surface area contributed by atoms with E-state index in [9.17, 15) is 4.79 Å². The zero-order chi connectivity index (χ0) is 13.3. The van der Waals surface area contributed by atoms with Gasteiger partial charge in [-0.15, -0.1) is 0 Å². The van der Waals surface area contributed by atoms with Crippen LogP contribution in [0.25, 0.3) is 0 Å². The van der Waals surface area contributed by atoms with Gasteiger partial charge in [-0.05, 0) is 30.4 Å². The monoisotopic (exact) mass is 248 g/mol. The van der Waals surface area contributed by atoms with Gasteiger partial charge < -0.3 is 9.47 Å². The summed E-state index contributed by atoms with van der Waals surface area (Å²) in [6, 6.07) is 6.10. The van der Waals surface area contributed by atoms with E-state index < -0.39 is 5.41 Å². The van der Waals surface area contributed by atoms with Crippen molar-refractivity contribution in [1.29, 1.82) is 0 Å². The average molecular weight is 248 g/mol. The van der Waals surface area contributed by atoms with Gasteiger partial charge in [0.15, 0.2) is 0 Å². The van der Waals surface area contributed by atoms with Crippen LogP contribution < -0.4 is 4.74 Å². The van der Waals surface area contributed by atoms with Gasteiger partial charge in [-0.1, -0.05) is 26.0 Å². The molecule has 1 saturated carbocycles. The third-order valence-electron chi connectivity index (χ3n) is 3.73. The standard InChI is InChI=1S/C15H20O3/c1-10(2)11-5-6-13(17-3)12(9-11)15(7-8-15)14(16)18-4/h5-6,9-10H,7-8H2,1-4H3. The minimum absolute atomic E-state index is 0.151. The molecule has 2 rings (SSSR count). The molecule has 98 valence electrons. The van der Waals surface area contributed by atoms with Crippen molar-refractivity contribution in [2.75, 3.05) is 14.2 Å². The van der Waals surface area contributed by atoms with Gasteiger partial charge >= 0.3 is 5.97 Å². The summed E-state index contributed by atoms with van der Waals surface area (Å²) in [7, 11) is 3.09. The second-order valence-electron chi connectivity index (χ2n) is 5.19. The van der Waals surface area contributed by atoms with Crippen molar-refractivity contribution in [3.8, 4) is 5.75 Å². The molecule has 0 radical (unpaired) electrons. The Labute approximate surface area is 108 Å². The van der Waals surface area contributed by atoms with Crippen LogP contribution in [0.15, 0.2) is 18.2 Å². The molecule has 0 spiro atoms. The maximum atomic E-state index is 12.0. The second-order valence-corrected chi connectivity index (χ2v) is 5.19. The molecule has 0 aliphatic heterocycles. The van der Waals surface area contributed by atoms with E-state index in [-0.39, 0.29) is 5.97 Å². The Bertz CT molecular complexity index is 459. The topological polar surface area (TPSA) is 35.5 Å². The fourth-order valence-electron chi connectivity index (χ4n) is 2.36. The average Bonchev–Trinajstić information content (AvgIpc) is 3.18. The molecule has 0 aromatic heterocycles. The minimum atomic E-state index is -0.467. The summed E-state index contributed by atoms with van der Waals surface area (Å²) in [6.45, 7) is 4.28. The summed E-state index contributed by atoms with van der Waals surface area (Å²) in [4.78, 5) is 12.0. The molecule has 1 aromatic rings. The van der Waals surface area contributed by atoms with Gasteiger partial charge in [-0.25, -0.2) is 0 Å². The highest BCUT2D eigenvalue weighted by Crippen LogP contribution is 2.52. The third kappa shape index (κ3) is 1.98. The summed E-state index contributed by atoms with van der Waals surface area (Å²) in [6.07, 6.45) is 1.69. The number of carbonyl (C=O) groups is 1. The Morgan fingerprint density at radius 2 is 1.94 bits per heavy atom. The number of rotatable bonds is 4. The fourth-order valence-corrected chi connectivity index (χ4v) is 2.36. The number of hydrogen-bond donors (Lipinski definition) is 0. The van der Waals surface area contributed by atoms with Crippen molar-refractivity contribution >= 4 is 5.97 Å². The number of ether oxygens (including phenoxy) is 2. The van der Waals surface area contributed by atoms with E-state index in [1.165, 1.54) is 12.7 Å². The zero-order valence-corrected chi connectivity index (χ0v) is 11.4. The minimum Gasteiger partial charge on any atom is -0.496 e. The summed E-state index contributed by atoms with van der Waals surface area (Å²) < 4.78 is 10.3. The smallest absolute Gasteiger partial charge is 0.316 e. The summed E-state index contributed by atoms with van der Waals surface area (Å²) >= 11 is 0. The summed E-state index contributed by atoms with van der Waals surface area (Å²) in [5.41, 5.74) is 1.73. The molecule has 0 saturated heterocycles. The molecule has 1 fully saturated rings. The molecule has 0 unspecified atom stereocenters. The largest absolute Gasteiger partial charge is 0.496 e. The molecular weight excluding hydrogens is 228 g/mol. The van der Waals surface area contributed by atoms with Gasteiger partial charge in [0.25, 0.3) is 0 Å². The number of carbonyl (C=O) groups excluding carboxylic acids is 1. The molecule has 3 nitrogen and oxygen atoms in total. The highest BCUT2D eigenvalue weighted by Gasteiger charge is 2.54. The molecule has 0 N–H and O–H groups in total. The molecule has 0 atom stereocenters. The molecular formula is C15H20O3. The van der Waals surface area contributed by atoms with Crippen LogP contribution in [0.1, 0.15) is 43.7 Å². The number of hydrogen-bond acceptors (Lipinski definition) is 3. The van der Waals surface area contributed by atoms with E-state index in [1.807, 2.05) is 6.07 Å². The number of esters is 1. The first kappa shape index (κ1) is 12.9. The lowest BCUT2D eigenvalue weighted by Crippen LogP contribution is -2.22. The highest BCUT2D eigenvalue weighted by molar-refractivity contribution is 5.87.